The van der Waals surface area contributed by atoms with Crippen LogP contribution in [0.2, 0.25) is 0 Å². The van der Waals surface area contributed by atoms with Crippen LogP contribution in [0.15, 0.2) is 0 Å². The van der Waals surface area contributed by atoms with Crippen LogP contribution in [0.5, 0.6) is 0 Å². The Balaban J connectivity index is 3.24. The second-order valence-electron chi connectivity index (χ2n) is 4.50. The van der Waals surface area contributed by atoms with Crippen LogP contribution in [-0.2, 0) is 9.59 Å². The molecule has 0 amide bonds. The van der Waals surface area contributed by atoms with Crippen molar-refractivity contribution in [2.45, 2.75) is 42.8 Å². The number of ketones is 1. The first kappa shape index (κ1) is 15.1. The van der Waals surface area contributed by atoms with E-state index >= 15 is 0 Å². The second-order valence-corrected chi connectivity index (χ2v) is 6.78. The molecule has 0 spiro atoms. The molecule has 1 aliphatic rings. The fourth-order valence-electron chi connectivity index (χ4n) is 2.70. The quantitative estimate of drug-likeness (QED) is 0.640. The third kappa shape index (κ3) is 2.56. The van der Waals surface area contributed by atoms with Gasteiger partial charge in [-0.15, -0.1) is 0 Å². The van der Waals surface area contributed by atoms with Crippen molar-refractivity contribution in [1.29, 1.82) is 0 Å². The maximum Gasteiger partial charge on any atom is 0.321 e. The van der Waals surface area contributed by atoms with Gasteiger partial charge in [0.1, 0.15) is 0 Å². The number of carboxylic acids is 1. The van der Waals surface area contributed by atoms with Crippen molar-refractivity contribution >= 4 is 46.6 Å². The van der Waals surface area contributed by atoms with Gasteiger partial charge < -0.3 is 5.11 Å². The molecule has 1 unspecified atom stereocenters. The van der Waals surface area contributed by atoms with E-state index in [1.54, 1.807) is 0 Å². The maximum absolute atomic E-state index is 11.8. The summed E-state index contributed by atoms with van der Waals surface area (Å²) in [6.45, 7) is 1.19. The van der Waals surface area contributed by atoms with Crippen LogP contribution in [0.1, 0.15) is 39.0 Å². The number of aliphatic carboxylic acids is 1. The number of carboxylic acid groups (broad SMARTS) is 1. The van der Waals surface area contributed by atoms with Gasteiger partial charge >= 0.3 is 5.97 Å². The molecule has 0 bridgehead atoms. The average molecular weight is 302 g/mol. The van der Waals surface area contributed by atoms with Gasteiger partial charge in [-0.25, -0.2) is 0 Å². The number of alkyl halides is 3. The smallest absolute Gasteiger partial charge is 0.321 e. The topological polar surface area (TPSA) is 54.4 Å². The predicted octanol–water partition coefficient (Wildman–Crippen LogP) is 3.60. The summed E-state index contributed by atoms with van der Waals surface area (Å²) in [6, 6.07) is 0. The van der Waals surface area contributed by atoms with Gasteiger partial charge in [-0.2, -0.15) is 0 Å². The highest BCUT2D eigenvalue weighted by Gasteiger charge is 2.62. The van der Waals surface area contributed by atoms with Crippen molar-refractivity contribution in [3.05, 3.63) is 0 Å². The highest BCUT2D eigenvalue weighted by Crippen LogP contribution is 2.54. The highest BCUT2D eigenvalue weighted by atomic mass is 35.6. The maximum atomic E-state index is 11.8. The van der Waals surface area contributed by atoms with E-state index < -0.39 is 26.9 Å². The Morgan fingerprint density at radius 2 is 1.59 bits per heavy atom. The molecular weight excluding hydrogens is 286 g/mol. The van der Waals surface area contributed by atoms with Crippen LogP contribution in [-0.4, -0.2) is 20.7 Å². The summed E-state index contributed by atoms with van der Waals surface area (Å²) >= 11 is 17.4. The van der Waals surface area contributed by atoms with Crippen LogP contribution < -0.4 is 0 Å². The standard InChI is InChI=1S/C11H15Cl3O3/c1-7(15)10(9(16)17,11(12,13)14)8-5-3-2-4-6-8/h8H,2-6H2,1H3,(H,16,17). The number of halogens is 3. The van der Waals surface area contributed by atoms with Crippen molar-refractivity contribution in [3.8, 4) is 0 Å². The molecule has 17 heavy (non-hydrogen) atoms. The first-order valence-corrected chi connectivity index (χ1v) is 6.69. The minimum atomic E-state index is -2.12. The molecule has 1 atom stereocenters. The first-order valence-electron chi connectivity index (χ1n) is 5.55. The van der Waals surface area contributed by atoms with Crippen LogP contribution in [0, 0.1) is 11.3 Å². The van der Waals surface area contributed by atoms with Gasteiger partial charge in [-0.05, 0) is 25.7 Å². The fraction of sp³-hybridized carbons (Fsp3) is 0.818. The summed E-state index contributed by atoms with van der Waals surface area (Å²) in [5.41, 5.74) is -1.92. The first-order chi connectivity index (χ1) is 7.74. The molecule has 0 aromatic carbocycles. The normalized spacial score (nSPS) is 21.9. The second kappa shape index (κ2) is 5.33. The van der Waals surface area contributed by atoms with E-state index in [-0.39, 0.29) is 0 Å². The molecule has 0 aromatic heterocycles. The molecule has 0 aromatic rings. The monoisotopic (exact) mass is 300 g/mol. The Labute approximate surface area is 115 Å². The summed E-state index contributed by atoms with van der Waals surface area (Å²) < 4.78 is -2.12. The lowest BCUT2D eigenvalue weighted by molar-refractivity contribution is -0.159. The van der Waals surface area contributed by atoms with Crippen LogP contribution >= 0.6 is 34.8 Å². The van der Waals surface area contributed by atoms with Gasteiger partial charge in [0, 0.05) is 0 Å². The van der Waals surface area contributed by atoms with Crippen molar-refractivity contribution in [2.75, 3.05) is 0 Å². The van der Waals surface area contributed by atoms with E-state index in [9.17, 15) is 14.7 Å². The number of hydrogen-bond donors (Lipinski definition) is 1. The zero-order chi connectivity index (χ0) is 13.3. The predicted molar refractivity (Wildman–Crippen MR) is 67.6 cm³/mol. The number of hydrogen-bond acceptors (Lipinski definition) is 2. The summed E-state index contributed by atoms with van der Waals surface area (Å²) in [4.78, 5) is 23.4. The van der Waals surface area contributed by atoms with E-state index in [2.05, 4.69) is 0 Å². The van der Waals surface area contributed by atoms with E-state index in [0.717, 1.165) is 19.3 Å². The lowest BCUT2D eigenvalue weighted by atomic mass is 9.67. The van der Waals surface area contributed by atoms with E-state index in [4.69, 9.17) is 34.8 Å². The molecule has 1 fully saturated rings. The molecule has 0 saturated heterocycles. The Bertz CT molecular complexity index is 302. The largest absolute Gasteiger partial charge is 0.480 e. The Morgan fingerprint density at radius 3 is 1.88 bits per heavy atom. The van der Waals surface area contributed by atoms with Gasteiger partial charge in [0.15, 0.2) is 11.2 Å². The number of Topliss-reactive ketones (excluding diaryl/α,β-unsaturated/α-hetero) is 1. The van der Waals surface area contributed by atoms with E-state index in [1.807, 2.05) is 0 Å². The number of rotatable bonds is 3. The third-order valence-electron chi connectivity index (χ3n) is 3.56. The van der Waals surface area contributed by atoms with Crippen molar-refractivity contribution in [2.24, 2.45) is 11.3 Å². The van der Waals surface area contributed by atoms with Gasteiger partial charge in [-0.1, -0.05) is 54.1 Å². The SMILES string of the molecule is CC(=O)C(C(=O)O)(C1CCCCC1)C(Cl)(Cl)Cl. The molecular formula is C11H15Cl3O3. The summed E-state index contributed by atoms with van der Waals surface area (Å²) in [7, 11) is 0. The minimum Gasteiger partial charge on any atom is -0.480 e. The average Bonchev–Trinajstić information content (AvgIpc) is 2.16. The fourth-order valence-corrected chi connectivity index (χ4v) is 3.81. The van der Waals surface area contributed by atoms with E-state index in [0.29, 0.717) is 12.8 Å². The van der Waals surface area contributed by atoms with Crippen LogP contribution in [0.3, 0.4) is 0 Å². The van der Waals surface area contributed by atoms with E-state index in [1.165, 1.54) is 6.92 Å². The van der Waals surface area contributed by atoms with Gasteiger partial charge in [0.2, 0.25) is 3.79 Å². The lowest BCUT2D eigenvalue weighted by Crippen LogP contribution is -2.54. The number of carbonyl (C=O) groups excluding carboxylic acids is 1. The number of carbonyl (C=O) groups is 2. The molecule has 0 heterocycles. The molecule has 0 aliphatic heterocycles. The molecule has 0 radical (unpaired) electrons. The van der Waals surface area contributed by atoms with Gasteiger partial charge in [0.05, 0.1) is 0 Å². The minimum absolute atomic E-state index is 0.404. The Morgan fingerprint density at radius 1 is 1.12 bits per heavy atom. The molecule has 1 saturated carbocycles. The van der Waals surface area contributed by atoms with Gasteiger partial charge in [-0.3, -0.25) is 9.59 Å². The highest BCUT2D eigenvalue weighted by molar-refractivity contribution is 6.70. The van der Waals surface area contributed by atoms with Gasteiger partial charge in [0.25, 0.3) is 0 Å². The Kier molecular flexibility index (Phi) is 4.73. The third-order valence-corrected chi connectivity index (χ3v) is 4.45. The molecule has 1 aliphatic carbocycles. The zero-order valence-corrected chi connectivity index (χ0v) is 11.8. The van der Waals surface area contributed by atoms with Crippen molar-refractivity contribution in [3.63, 3.8) is 0 Å². The molecule has 1 N–H and O–H groups in total. The van der Waals surface area contributed by atoms with Crippen molar-refractivity contribution < 1.29 is 14.7 Å². The molecule has 3 nitrogen and oxygen atoms in total. The summed E-state index contributed by atoms with van der Waals surface area (Å²) in [6.07, 6.45) is 3.99. The summed E-state index contributed by atoms with van der Waals surface area (Å²) in [5.74, 6) is -2.33. The molecule has 6 heteroatoms. The van der Waals surface area contributed by atoms with Crippen molar-refractivity contribution in [1.82, 2.24) is 0 Å². The zero-order valence-electron chi connectivity index (χ0n) is 9.51. The van der Waals surface area contributed by atoms with Crippen LogP contribution in [0.25, 0.3) is 0 Å². The molecule has 1 rings (SSSR count). The Hall–Kier alpha value is 0.01000. The lowest BCUT2D eigenvalue weighted by Gasteiger charge is -2.41. The molecule has 98 valence electrons. The summed E-state index contributed by atoms with van der Waals surface area (Å²) in [5, 5.41) is 9.41. The van der Waals surface area contributed by atoms with Crippen LogP contribution in [0.4, 0.5) is 0 Å².